The Bertz CT molecular complexity index is 149. The number of carbonyl (C=O) groups excluding carboxylic acids is 1. The first-order valence-electron chi connectivity index (χ1n) is 4.83. The maximum absolute atomic E-state index is 10.7. The van der Waals surface area contributed by atoms with Gasteiger partial charge >= 0.3 is 5.97 Å². The highest BCUT2D eigenvalue weighted by Crippen LogP contribution is 2.03. The summed E-state index contributed by atoms with van der Waals surface area (Å²) in [7, 11) is 7.98. The second kappa shape index (κ2) is 5.97. The standard InChI is InChI=1S/C10H22NO2/c1-11(2,3)9-7-5-6-8-10(12)13-4/h5-9H2,1-4H3/q+1. The van der Waals surface area contributed by atoms with Gasteiger partial charge in [-0.05, 0) is 19.3 Å². The molecule has 3 heteroatoms. The third-order valence-electron chi connectivity index (χ3n) is 1.94. The molecule has 0 aromatic heterocycles. The Hall–Kier alpha value is -0.570. The fraction of sp³-hybridized carbons (Fsp3) is 0.900. The van der Waals surface area contributed by atoms with E-state index in [0.717, 1.165) is 17.3 Å². The van der Waals surface area contributed by atoms with Crippen molar-refractivity contribution in [3.05, 3.63) is 0 Å². The number of methoxy groups -OCH3 is 1. The summed E-state index contributed by atoms with van der Waals surface area (Å²) in [4.78, 5) is 10.7. The molecule has 0 fully saturated rings. The van der Waals surface area contributed by atoms with Crippen molar-refractivity contribution in [3.8, 4) is 0 Å². The van der Waals surface area contributed by atoms with E-state index in [1.54, 1.807) is 0 Å². The van der Waals surface area contributed by atoms with Crippen LogP contribution >= 0.6 is 0 Å². The summed E-state index contributed by atoms with van der Waals surface area (Å²) in [5.74, 6) is -0.0924. The van der Waals surface area contributed by atoms with Crippen molar-refractivity contribution >= 4 is 5.97 Å². The number of nitrogens with zero attached hydrogens (tertiary/aromatic N) is 1. The molecule has 0 rings (SSSR count). The first kappa shape index (κ1) is 12.4. The molecule has 78 valence electrons. The fourth-order valence-corrected chi connectivity index (χ4v) is 1.13. The molecule has 0 saturated heterocycles. The van der Waals surface area contributed by atoms with E-state index in [-0.39, 0.29) is 5.97 Å². The number of carbonyl (C=O) groups is 1. The van der Waals surface area contributed by atoms with Gasteiger partial charge in [-0.3, -0.25) is 4.79 Å². The van der Waals surface area contributed by atoms with E-state index in [2.05, 4.69) is 25.9 Å². The second-order valence-electron chi connectivity index (χ2n) is 4.40. The monoisotopic (exact) mass is 188 g/mol. The number of ether oxygens (including phenoxy) is 1. The Morgan fingerprint density at radius 2 is 1.77 bits per heavy atom. The molecule has 0 radical (unpaired) electrons. The topological polar surface area (TPSA) is 26.3 Å². The molecule has 0 aromatic carbocycles. The van der Waals surface area contributed by atoms with Crippen molar-refractivity contribution in [2.45, 2.75) is 25.7 Å². The van der Waals surface area contributed by atoms with Gasteiger partial charge in [-0.25, -0.2) is 0 Å². The maximum Gasteiger partial charge on any atom is 0.305 e. The molecule has 0 aliphatic heterocycles. The molecule has 0 unspecified atom stereocenters. The predicted molar refractivity (Wildman–Crippen MR) is 53.4 cm³/mol. The molecule has 0 saturated carbocycles. The first-order chi connectivity index (χ1) is 5.95. The van der Waals surface area contributed by atoms with Gasteiger partial charge in [0.15, 0.2) is 0 Å². The SMILES string of the molecule is COC(=O)CCCCC[N+](C)(C)C. The summed E-state index contributed by atoms with van der Waals surface area (Å²) in [6.07, 6.45) is 3.81. The van der Waals surface area contributed by atoms with E-state index in [4.69, 9.17) is 0 Å². The van der Waals surface area contributed by atoms with Crippen molar-refractivity contribution in [2.24, 2.45) is 0 Å². The van der Waals surface area contributed by atoms with Gasteiger partial charge in [0.1, 0.15) is 0 Å². The minimum atomic E-state index is -0.0924. The average Bonchev–Trinajstić information content (AvgIpc) is 2.01. The van der Waals surface area contributed by atoms with Gasteiger partial charge in [0.25, 0.3) is 0 Å². The Morgan fingerprint density at radius 1 is 1.15 bits per heavy atom. The number of rotatable bonds is 6. The van der Waals surface area contributed by atoms with Crippen molar-refractivity contribution < 1.29 is 14.0 Å². The molecule has 0 N–H and O–H groups in total. The zero-order valence-corrected chi connectivity index (χ0v) is 9.30. The molecular weight excluding hydrogens is 166 g/mol. The van der Waals surface area contributed by atoms with E-state index in [1.807, 2.05) is 0 Å². The number of esters is 1. The molecular formula is C10H22NO2+. The highest BCUT2D eigenvalue weighted by Gasteiger charge is 2.06. The lowest BCUT2D eigenvalue weighted by Crippen LogP contribution is -2.35. The molecule has 0 atom stereocenters. The van der Waals surface area contributed by atoms with Crippen molar-refractivity contribution in [1.82, 2.24) is 0 Å². The highest BCUT2D eigenvalue weighted by molar-refractivity contribution is 5.68. The smallest absolute Gasteiger partial charge is 0.305 e. The zero-order valence-electron chi connectivity index (χ0n) is 9.30. The average molecular weight is 188 g/mol. The van der Waals surface area contributed by atoms with Crippen LogP contribution in [0, 0.1) is 0 Å². The third-order valence-corrected chi connectivity index (χ3v) is 1.94. The quantitative estimate of drug-likeness (QED) is 0.358. The lowest BCUT2D eigenvalue weighted by molar-refractivity contribution is -0.870. The lowest BCUT2D eigenvalue weighted by Gasteiger charge is -2.23. The molecule has 0 spiro atoms. The summed E-state index contributed by atoms with van der Waals surface area (Å²) in [5, 5.41) is 0. The molecule has 0 aliphatic rings. The minimum Gasteiger partial charge on any atom is -0.469 e. The second-order valence-corrected chi connectivity index (χ2v) is 4.40. The van der Waals surface area contributed by atoms with Crippen LogP contribution in [0.2, 0.25) is 0 Å². The van der Waals surface area contributed by atoms with Crippen molar-refractivity contribution in [1.29, 1.82) is 0 Å². The first-order valence-corrected chi connectivity index (χ1v) is 4.83. The molecule has 3 nitrogen and oxygen atoms in total. The number of quaternary nitrogens is 1. The summed E-state index contributed by atoms with van der Waals surface area (Å²) < 4.78 is 5.55. The van der Waals surface area contributed by atoms with Crippen LogP contribution in [0.25, 0.3) is 0 Å². The normalized spacial score (nSPS) is 11.4. The Labute approximate surface area is 81.3 Å². The molecule has 0 aliphatic carbocycles. The van der Waals surface area contributed by atoms with Crippen LogP contribution < -0.4 is 0 Å². The third kappa shape index (κ3) is 9.34. The number of hydrogen-bond acceptors (Lipinski definition) is 2. The molecule has 13 heavy (non-hydrogen) atoms. The highest BCUT2D eigenvalue weighted by atomic mass is 16.5. The van der Waals surface area contributed by atoms with E-state index in [9.17, 15) is 4.79 Å². The van der Waals surface area contributed by atoms with Gasteiger partial charge in [-0.15, -0.1) is 0 Å². The molecule has 0 amide bonds. The van der Waals surface area contributed by atoms with Gasteiger partial charge in [-0.2, -0.15) is 0 Å². The van der Waals surface area contributed by atoms with E-state index in [1.165, 1.54) is 20.1 Å². The van der Waals surface area contributed by atoms with Gasteiger partial charge in [0.2, 0.25) is 0 Å². The minimum absolute atomic E-state index is 0.0924. The Kier molecular flexibility index (Phi) is 5.71. The number of unbranched alkanes of at least 4 members (excludes halogenated alkanes) is 2. The summed E-state index contributed by atoms with van der Waals surface area (Å²) >= 11 is 0. The Morgan fingerprint density at radius 3 is 2.23 bits per heavy atom. The molecule has 0 aromatic rings. The van der Waals surface area contributed by atoms with Crippen LogP contribution in [0.5, 0.6) is 0 Å². The van der Waals surface area contributed by atoms with Crippen LogP contribution in [0.4, 0.5) is 0 Å². The van der Waals surface area contributed by atoms with Gasteiger partial charge in [0.05, 0.1) is 34.8 Å². The van der Waals surface area contributed by atoms with Crippen molar-refractivity contribution in [3.63, 3.8) is 0 Å². The van der Waals surface area contributed by atoms with Crippen LogP contribution in [-0.4, -0.2) is 45.2 Å². The van der Waals surface area contributed by atoms with Gasteiger partial charge < -0.3 is 9.22 Å². The van der Waals surface area contributed by atoms with Crippen LogP contribution in [0.15, 0.2) is 0 Å². The van der Waals surface area contributed by atoms with Gasteiger partial charge in [0, 0.05) is 6.42 Å². The van der Waals surface area contributed by atoms with Crippen molar-refractivity contribution in [2.75, 3.05) is 34.8 Å². The molecule has 0 bridgehead atoms. The largest absolute Gasteiger partial charge is 0.469 e. The summed E-state index contributed by atoms with van der Waals surface area (Å²) in [6.45, 7) is 1.17. The van der Waals surface area contributed by atoms with Crippen LogP contribution in [0.3, 0.4) is 0 Å². The number of hydrogen-bond donors (Lipinski definition) is 0. The Balaban J connectivity index is 3.22. The lowest BCUT2D eigenvalue weighted by atomic mass is 10.2. The van der Waals surface area contributed by atoms with E-state index in [0.29, 0.717) is 6.42 Å². The summed E-state index contributed by atoms with van der Waals surface area (Å²) in [6, 6.07) is 0. The molecule has 0 heterocycles. The fourth-order valence-electron chi connectivity index (χ4n) is 1.13. The van der Waals surface area contributed by atoms with E-state index < -0.39 is 0 Å². The zero-order chi connectivity index (χ0) is 10.3. The van der Waals surface area contributed by atoms with Crippen LogP contribution in [-0.2, 0) is 9.53 Å². The van der Waals surface area contributed by atoms with E-state index >= 15 is 0 Å². The van der Waals surface area contributed by atoms with Gasteiger partial charge in [-0.1, -0.05) is 0 Å². The maximum atomic E-state index is 10.7. The van der Waals surface area contributed by atoms with Crippen LogP contribution in [0.1, 0.15) is 25.7 Å². The predicted octanol–water partition coefficient (Wildman–Crippen LogP) is 1.43. The summed E-state index contributed by atoms with van der Waals surface area (Å²) in [5.41, 5.74) is 0.